The van der Waals surface area contributed by atoms with E-state index in [1.165, 1.54) is 13.1 Å². The SMILES string of the molecule is CC(C(N)=O)n1ncc(Cl)c(Cl)c1=O. The fraction of sp³-hybridized carbons (Fsp3) is 0.286. The molecule has 0 fully saturated rings. The predicted octanol–water partition coefficient (Wildman–Crippen LogP) is 0.596. The number of aromatic nitrogens is 2. The number of amides is 1. The van der Waals surface area contributed by atoms with Gasteiger partial charge in [-0.1, -0.05) is 23.2 Å². The van der Waals surface area contributed by atoms with E-state index < -0.39 is 17.5 Å². The van der Waals surface area contributed by atoms with Gasteiger partial charge in [-0.05, 0) is 6.92 Å². The maximum atomic E-state index is 11.4. The summed E-state index contributed by atoms with van der Waals surface area (Å²) in [4.78, 5) is 22.2. The van der Waals surface area contributed by atoms with Gasteiger partial charge in [-0.3, -0.25) is 9.59 Å². The van der Waals surface area contributed by atoms with Crippen molar-refractivity contribution in [3.63, 3.8) is 0 Å². The zero-order valence-electron chi connectivity index (χ0n) is 7.20. The van der Waals surface area contributed by atoms with Crippen LogP contribution >= 0.6 is 23.2 Å². The third kappa shape index (κ3) is 1.88. The molecule has 1 heterocycles. The molecule has 1 amide bonds. The first-order valence-electron chi connectivity index (χ1n) is 3.67. The third-order valence-electron chi connectivity index (χ3n) is 1.68. The average molecular weight is 236 g/mol. The minimum Gasteiger partial charge on any atom is -0.368 e. The monoisotopic (exact) mass is 235 g/mol. The highest BCUT2D eigenvalue weighted by Gasteiger charge is 2.16. The molecule has 0 aliphatic carbocycles. The average Bonchev–Trinajstić information content (AvgIpc) is 2.13. The van der Waals surface area contributed by atoms with Gasteiger partial charge in [-0.2, -0.15) is 5.10 Å². The largest absolute Gasteiger partial charge is 0.368 e. The molecule has 5 nitrogen and oxygen atoms in total. The highest BCUT2D eigenvalue weighted by Crippen LogP contribution is 2.15. The molecule has 1 aromatic rings. The van der Waals surface area contributed by atoms with Gasteiger partial charge in [0.2, 0.25) is 5.91 Å². The van der Waals surface area contributed by atoms with E-state index in [-0.39, 0.29) is 10.0 Å². The number of hydrogen-bond acceptors (Lipinski definition) is 3. The Balaban J connectivity index is 3.32. The van der Waals surface area contributed by atoms with Crippen molar-refractivity contribution in [1.29, 1.82) is 0 Å². The van der Waals surface area contributed by atoms with Crippen molar-refractivity contribution in [2.24, 2.45) is 5.73 Å². The Morgan fingerprint density at radius 3 is 2.71 bits per heavy atom. The zero-order valence-corrected chi connectivity index (χ0v) is 8.71. The highest BCUT2D eigenvalue weighted by molar-refractivity contribution is 6.41. The van der Waals surface area contributed by atoms with Crippen LogP contribution in [0.4, 0.5) is 0 Å². The zero-order chi connectivity index (χ0) is 10.9. The van der Waals surface area contributed by atoms with Gasteiger partial charge in [0.25, 0.3) is 5.56 Å². The molecule has 2 N–H and O–H groups in total. The van der Waals surface area contributed by atoms with Gasteiger partial charge >= 0.3 is 0 Å². The van der Waals surface area contributed by atoms with Crippen LogP contribution in [0, 0.1) is 0 Å². The van der Waals surface area contributed by atoms with Gasteiger partial charge in [0.05, 0.1) is 11.2 Å². The molecule has 14 heavy (non-hydrogen) atoms. The van der Waals surface area contributed by atoms with Crippen LogP contribution in [-0.4, -0.2) is 15.7 Å². The molecule has 0 radical (unpaired) electrons. The summed E-state index contributed by atoms with van der Waals surface area (Å²) >= 11 is 11.1. The Bertz CT molecular complexity index is 429. The van der Waals surface area contributed by atoms with E-state index in [4.69, 9.17) is 28.9 Å². The van der Waals surface area contributed by atoms with Crippen LogP contribution in [0.25, 0.3) is 0 Å². The lowest BCUT2D eigenvalue weighted by Crippen LogP contribution is -2.34. The summed E-state index contributed by atoms with van der Waals surface area (Å²) in [5, 5.41) is 3.52. The van der Waals surface area contributed by atoms with E-state index in [0.717, 1.165) is 4.68 Å². The van der Waals surface area contributed by atoms with Gasteiger partial charge in [-0.15, -0.1) is 0 Å². The quantitative estimate of drug-likeness (QED) is 0.816. The minimum atomic E-state index is -0.850. The van der Waals surface area contributed by atoms with E-state index in [0.29, 0.717) is 0 Å². The Kier molecular flexibility index (Phi) is 3.13. The molecule has 0 spiro atoms. The Labute approximate surface area is 89.4 Å². The van der Waals surface area contributed by atoms with Crippen LogP contribution in [0.5, 0.6) is 0 Å². The molecule has 0 aromatic carbocycles. The molecule has 0 aliphatic heterocycles. The number of nitrogens with two attached hydrogens (primary N) is 1. The van der Waals surface area contributed by atoms with E-state index in [1.807, 2.05) is 0 Å². The van der Waals surface area contributed by atoms with Gasteiger partial charge in [0.1, 0.15) is 11.1 Å². The normalized spacial score (nSPS) is 12.5. The topological polar surface area (TPSA) is 78.0 Å². The Hall–Kier alpha value is -1.07. The lowest BCUT2D eigenvalue weighted by Gasteiger charge is -2.09. The smallest absolute Gasteiger partial charge is 0.287 e. The molecule has 1 aromatic heterocycles. The summed E-state index contributed by atoms with van der Waals surface area (Å²) in [5.74, 6) is -0.669. The van der Waals surface area contributed by atoms with Crippen molar-refractivity contribution in [3.05, 3.63) is 26.6 Å². The summed E-state index contributed by atoms with van der Waals surface area (Å²) in [6, 6.07) is -0.850. The second-order valence-corrected chi connectivity index (χ2v) is 3.42. The first-order chi connectivity index (χ1) is 6.45. The van der Waals surface area contributed by atoms with Crippen LogP contribution in [0.3, 0.4) is 0 Å². The lowest BCUT2D eigenvalue weighted by molar-refractivity contribution is -0.121. The standard InChI is InChI=1S/C7H7Cl2N3O2/c1-3(6(10)13)12-7(14)5(9)4(8)2-11-12/h2-3H,1H3,(H2,10,13). The lowest BCUT2D eigenvalue weighted by atomic mass is 10.3. The van der Waals surface area contributed by atoms with Crippen molar-refractivity contribution in [1.82, 2.24) is 9.78 Å². The molecule has 0 saturated heterocycles. The van der Waals surface area contributed by atoms with Crippen molar-refractivity contribution in [2.45, 2.75) is 13.0 Å². The first kappa shape index (κ1) is 11.0. The van der Waals surface area contributed by atoms with Gasteiger partial charge in [-0.25, -0.2) is 4.68 Å². The molecule has 1 rings (SSSR count). The number of hydrogen-bond donors (Lipinski definition) is 1. The number of halogens is 2. The van der Waals surface area contributed by atoms with Crippen LogP contribution in [0.15, 0.2) is 11.0 Å². The summed E-state index contributed by atoms with van der Waals surface area (Å²) in [7, 11) is 0. The Morgan fingerprint density at radius 1 is 1.64 bits per heavy atom. The van der Waals surface area contributed by atoms with Crippen molar-refractivity contribution in [3.8, 4) is 0 Å². The third-order valence-corrected chi connectivity index (χ3v) is 2.43. The van der Waals surface area contributed by atoms with Crippen LogP contribution in [-0.2, 0) is 4.79 Å². The summed E-state index contributed by atoms with van der Waals surface area (Å²) < 4.78 is 0.885. The van der Waals surface area contributed by atoms with Crippen LogP contribution in [0.1, 0.15) is 13.0 Å². The van der Waals surface area contributed by atoms with Crippen LogP contribution < -0.4 is 11.3 Å². The van der Waals surface area contributed by atoms with Crippen molar-refractivity contribution < 1.29 is 4.79 Å². The Morgan fingerprint density at radius 2 is 2.21 bits per heavy atom. The number of primary amides is 1. The van der Waals surface area contributed by atoms with Crippen molar-refractivity contribution in [2.75, 3.05) is 0 Å². The fourth-order valence-corrected chi connectivity index (χ4v) is 1.08. The van der Waals surface area contributed by atoms with Gasteiger partial charge in [0, 0.05) is 0 Å². The molecule has 0 saturated carbocycles. The molecule has 1 atom stereocenters. The number of rotatable bonds is 2. The summed E-state index contributed by atoms with van der Waals surface area (Å²) in [5.41, 5.74) is 4.38. The molecule has 1 unspecified atom stereocenters. The summed E-state index contributed by atoms with van der Waals surface area (Å²) in [6.07, 6.45) is 1.19. The molecule has 0 bridgehead atoms. The van der Waals surface area contributed by atoms with E-state index in [2.05, 4.69) is 5.10 Å². The molecule has 76 valence electrons. The highest BCUT2D eigenvalue weighted by atomic mass is 35.5. The predicted molar refractivity (Wildman–Crippen MR) is 52.4 cm³/mol. The molecule has 0 aliphatic rings. The molecule has 7 heteroatoms. The van der Waals surface area contributed by atoms with E-state index in [9.17, 15) is 9.59 Å². The summed E-state index contributed by atoms with van der Waals surface area (Å²) in [6.45, 7) is 1.45. The molecular formula is C7H7Cl2N3O2. The number of carbonyl (C=O) groups excluding carboxylic acids is 1. The maximum Gasteiger partial charge on any atom is 0.287 e. The number of nitrogens with zero attached hydrogens (tertiary/aromatic N) is 2. The number of carbonyl (C=O) groups is 1. The van der Waals surface area contributed by atoms with Crippen molar-refractivity contribution >= 4 is 29.1 Å². The van der Waals surface area contributed by atoms with E-state index in [1.54, 1.807) is 0 Å². The molecular weight excluding hydrogens is 229 g/mol. The second-order valence-electron chi connectivity index (χ2n) is 2.63. The van der Waals surface area contributed by atoms with Gasteiger partial charge < -0.3 is 5.73 Å². The van der Waals surface area contributed by atoms with Crippen LogP contribution in [0.2, 0.25) is 10.0 Å². The first-order valence-corrected chi connectivity index (χ1v) is 4.43. The van der Waals surface area contributed by atoms with E-state index >= 15 is 0 Å². The second kappa shape index (κ2) is 3.98. The van der Waals surface area contributed by atoms with Gasteiger partial charge in [0.15, 0.2) is 0 Å². The maximum absolute atomic E-state index is 11.4. The fourth-order valence-electron chi connectivity index (χ4n) is 0.821. The minimum absolute atomic E-state index is 0.0459.